The van der Waals surface area contributed by atoms with E-state index in [1.807, 2.05) is 12.1 Å². The summed E-state index contributed by atoms with van der Waals surface area (Å²) in [5.74, 6) is 0.366. The minimum absolute atomic E-state index is 0.241. The number of piperidine rings is 1. The Bertz CT molecular complexity index is 898. The molecule has 0 aliphatic carbocycles. The molecule has 0 bridgehead atoms. The second kappa shape index (κ2) is 7.29. The fourth-order valence-corrected chi connectivity index (χ4v) is 4.06. The molecule has 0 atom stereocenters. The SMILES string of the molecule is OCCC1CCN(c2cn(-c3ccc(F)cc3)c3cc(Cl)ccc23)CC1. The van der Waals surface area contributed by atoms with Crippen LogP contribution >= 0.6 is 11.6 Å². The van der Waals surface area contributed by atoms with Gasteiger partial charge in [0.15, 0.2) is 0 Å². The molecule has 1 aliphatic rings. The van der Waals surface area contributed by atoms with E-state index in [4.69, 9.17) is 16.7 Å². The number of halogens is 2. The summed E-state index contributed by atoms with van der Waals surface area (Å²) < 4.78 is 15.4. The van der Waals surface area contributed by atoms with Crippen molar-refractivity contribution in [3.63, 3.8) is 0 Å². The second-order valence-electron chi connectivity index (χ2n) is 6.96. The highest BCUT2D eigenvalue weighted by molar-refractivity contribution is 6.31. The van der Waals surface area contributed by atoms with Crippen LogP contribution in [0.2, 0.25) is 5.02 Å². The van der Waals surface area contributed by atoms with Crippen LogP contribution in [0.25, 0.3) is 16.6 Å². The molecule has 1 N–H and O–H groups in total. The first-order valence-electron chi connectivity index (χ1n) is 9.08. The number of aromatic nitrogens is 1. The molecule has 3 aromatic rings. The van der Waals surface area contributed by atoms with E-state index in [9.17, 15) is 4.39 Å². The Labute approximate surface area is 157 Å². The number of hydrogen-bond acceptors (Lipinski definition) is 2. The Balaban J connectivity index is 1.73. The molecule has 136 valence electrons. The van der Waals surface area contributed by atoms with Crippen molar-refractivity contribution >= 4 is 28.2 Å². The first-order chi connectivity index (χ1) is 12.7. The highest BCUT2D eigenvalue weighted by atomic mass is 35.5. The van der Waals surface area contributed by atoms with Crippen molar-refractivity contribution in [3.8, 4) is 5.69 Å². The molecule has 0 radical (unpaired) electrons. The molecule has 0 unspecified atom stereocenters. The minimum atomic E-state index is -0.241. The number of rotatable bonds is 4. The summed E-state index contributed by atoms with van der Waals surface area (Å²) >= 11 is 6.24. The summed E-state index contributed by atoms with van der Waals surface area (Å²) in [6.07, 6.45) is 5.20. The van der Waals surface area contributed by atoms with E-state index in [1.165, 1.54) is 17.8 Å². The van der Waals surface area contributed by atoms with E-state index >= 15 is 0 Å². The monoisotopic (exact) mass is 372 g/mol. The van der Waals surface area contributed by atoms with Crippen LogP contribution in [0.3, 0.4) is 0 Å². The van der Waals surface area contributed by atoms with Crippen LogP contribution in [0.15, 0.2) is 48.7 Å². The van der Waals surface area contributed by atoms with Crippen LogP contribution in [-0.4, -0.2) is 29.4 Å². The van der Waals surface area contributed by atoms with Crippen LogP contribution in [0.1, 0.15) is 19.3 Å². The average molecular weight is 373 g/mol. The van der Waals surface area contributed by atoms with Crippen molar-refractivity contribution in [2.45, 2.75) is 19.3 Å². The lowest BCUT2D eigenvalue weighted by molar-refractivity contribution is 0.240. The fraction of sp³-hybridized carbons (Fsp3) is 0.333. The topological polar surface area (TPSA) is 28.4 Å². The summed E-state index contributed by atoms with van der Waals surface area (Å²) in [4.78, 5) is 2.41. The van der Waals surface area contributed by atoms with Crippen LogP contribution in [0.4, 0.5) is 10.1 Å². The maximum atomic E-state index is 13.3. The first kappa shape index (κ1) is 17.4. The second-order valence-corrected chi connectivity index (χ2v) is 7.40. The molecule has 1 aliphatic heterocycles. The van der Waals surface area contributed by atoms with Gasteiger partial charge in [-0.2, -0.15) is 0 Å². The molecule has 1 aromatic heterocycles. The standard InChI is InChI=1S/C21H22ClFN2O/c22-16-1-6-19-20(13-16)25(18-4-2-17(23)3-5-18)14-21(19)24-10-7-15(8-11-24)9-12-26/h1-6,13-15,26H,7-12H2. The van der Waals surface area contributed by atoms with Crippen LogP contribution in [-0.2, 0) is 0 Å². The lowest BCUT2D eigenvalue weighted by Gasteiger charge is -2.33. The molecule has 26 heavy (non-hydrogen) atoms. The number of aliphatic hydroxyl groups excluding tert-OH is 1. The molecule has 1 fully saturated rings. The van der Waals surface area contributed by atoms with Gasteiger partial charge in [0.1, 0.15) is 5.82 Å². The van der Waals surface area contributed by atoms with Gasteiger partial charge in [0.25, 0.3) is 0 Å². The van der Waals surface area contributed by atoms with Gasteiger partial charge in [-0.15, -0.1) is 0 Å². The molecule has 5 heteroatoms. The molecule has 0 amide bonds. The van der Waals surface area contributed by atoms with Crippen molar-refractivity contribution in [3.05, 3.63) is 59.5 Å². The first-order valence-corrected chi connectivity index (χ1v) is 9.46. The number of hydrogen-bond donors (Lipinski definition) is 1. The molecule has 0 saturated carbocycles. The number of fused-ring (bicyclic) bond motifs is 1. The molecule has 4 rings (SSSR count). The highest BCUT2D eigenvalue weighted by Gasteiger charge is 2.22. The van der Waals surface area contributed by atoms with Gasteiger partial charge in [-0.3, -0.25) is 0 Å². The van der Waals surface area contributed by atoms with Crippen molar-refractivity contribution in [1.82, 2.24) is 4.57 Å². The summed E-state index contributed by atoms with van der Waals surface area (Å²) in [6.45, 7) is 2.23. The number of nitrogens with zero attached hydrogens (tertiary/aromatic N) is 2. The van der Waals surface area contributed by atoms with Gasteiger partial charge >= 0.3 is 0 Å². The third-order valence-electron chi connectivity index (χ3n) is 5.34. The Kier molecular flexibility index (Phi) is 4.88. The lowest BCUT2D eigenvalue weighted by Crippen LogP contribution is -2.33. The summed E-state index contributed by atoms with van der Waals surface area (Å²) in [5, 5.41) is 11.0. The van der Waals surface area contributed by atoms with Gasteiger partial charge in [-0.05, 0) is 67.6 Å². The van der Waals surface area contributed by atoms with Gasteiger partial charge < -0.3 is 14.6 Å². The van der Waals surface area contributed by atoms with Gasteiger partial charge in [0.05, 0.1) is 11.2 Å². The lowest BCUT2D eigenvalue weighted by atomic mass is 9.93. The molecule has 2 aromatic carbocycles. The molecule has 3 nitrogen and oxygen atoms in total. The van der Waals surface area contributed by atoms with Crippen LogP contribution < -0.4 is 4.90 Å². The van der Waals surface area contributed by atoms with E-state index < -0.39 is 0 Å². The maximum Gasteiger partial charge on any atom is 0.123 e. The Morgan fingerprint density at radius 1 is 1.08 bits per heavy atom. The largest absolute Gasteiger partial charge is 0.396 e. The maximum absolute atomic E-state index is 13.3. The number of aliphatic hydroxyl groups is 1. The van der Waals surface area contributed by atoms with Gasteiger partial charge in [0.2, 0.25) is 0 Å². The van der Waals surface area contributed by atoms with Crippen molar-refractivity contribution in [1.29, 1.82) is 0 Å². The predicted octanol–water partition coefficient (Wildman–Crippen LogP) is 5.02. The fourth-order valence-electron chi connectivity index (χ4n) is 3.89. The molecule has 1 saturated heterocycles. The molecular formula is C21H22ClFN2O. The predicted molar refractivity (Wildman–Crippen MR) is 105 cm³/mol. The molecule has 0 spiro atoms. The van der Waals surface area contributed by atoms with E-state index in [2.05, 4.69) is 21.7 Å². The summed E-state index contributed by atoms with van der Waals surface area (Å²) in [6, 6.07) is 12.5. The zero-order chi connectivity index (χ0) is 18.1. The third kappa shape index (κ3) is 3.31. The Morgan fingerprint density at radius 2 is 1.81 bits per heavy atom. The number of anilines is 1. The van der Waals surface area contributed by atoms with Crippen molar-refractivity contribution in [2.75, 3.05) is 24.6 Å². The quantitative estimate of drug-likeness (QED) is 0.696. The van der Waals surface area contributed by atoms with E-state index in [0.29, 0.717) is 10.9 Å². The normalized spacial score (nSPS) is 15.7. The van der Waals surface area contributed by atoms with Gasteiger partial charge in [0, 0.05) is 42.0 Å². The van der Waals surface area contributed by atoms with Crippen LogP contribution in [0, 0.1) is 11.7 Å². The number of benzene rings is 2. The Hall–Kier alpha value is -2.04. The zero-order valence-electron chi connectivity index (χ0n) is 14.5. The van der Waals surface area contributed by atoms with Crippen molar-refractivity contribution < 1.29 is 9.50 Å². The Morgan fingerprint density at radius 3 is 2.50 bits per heavy atom. The molecule has 2 heterocycles. The molecular weight excluding hydrogens is 351 g/mol. The average Bonchev–Trinajstić information content (AvgIpc) is 3.02. The van der Waals surface area contributed by atoms with E-state index in [1.54, 1.807) is 12.1 Å². The summed E-state index contributed by atoms with van der Waals surface area (Å²) in [5.41, 5.74) is 3.13. The minimum Gasteiger partial charge on any atom is -0.396 e. The third-order valence-corrected chi connectivity index (χ3v) is 5.58. The summed E-state index contributed by atoms with van der Waals surface area (Å²) in [7, 11) is 0. The van der Waals surface area contributed by atoms with E-state index in [0.717, 1.165) is 48.9 Å². The van der Waals surface area contributed by atoms with Gasteiger partial charge in [-0.1, -0.05) is 11.6 Å². The van der Waals surface area contributed by atoms with Crippen LogP contribution in [0.5, 0.6) is 0 Å². The van der Waals surface area contributed by atoms with Crippen molar-refractivity contribution in [2.24, 2.45) is 5.92 Å². The highest BCUT2D eigenvalue weighted by Crippen LogP contribution is 2.35. The van der Waals surface area contributed by atoms with E-state index in [-0.39, 0.29) is 12.4 Å². The zero-order valence-corrected chi connectivity index (χ0v) is 15.3. The smallest absolute Gasteiger partial charge is 0.123 e. The van der Waals surface area contributed by atoms with Gasteiger partial charge in [-0.25, -0.2) is 4.39 Å².